The number of hydrogen-bond acceptors (Lipinski definition) is 6. The van der Waals surface area contributed by atoms with Gasteiger partial charge in [0, 0.05) is 7.05 Å². The Kier molecular flexibility index (Phi) is 4.41. The molecular formula is C21H18FNO6. The maximum absolute atomic E-state index is 13.7. The topological polar surface area (TPSA) is 78.2 Å². The summed E-state index contributed by atoms with van der Waals surface area (Å²) >= 11 is 0. The molecule has 8 heteroatoms. The summed E-state index contributed by atoms with van der Waals surface area (Å²) in [7, 11) is 6.00. The predicted octanol–water partition coefficient (Wildman–Crippen LogP) is 3.13. The third-order valence-electron chi connectivity index (χ3n) is 5.07. The molecule has 1 amide bonds. The maximum atomic E-state index is 13.7. The second-order valence-electron chi connectivity index (χ2n) is 6.59. The molecule has 3 aromatic rings. The Morgan fingerprint density at radius 2 is 1.66 bits per heavy atom. The van der Waals surface area contributed by atoms with Crippen molar-refractivity contribution in [3.63, 3.8) is 0 Å². The summed E-state index contributed by atoms with van der Waals surface area (Å²) in [5, 5.41) is 0.0734. The van der Waals surface area contributed by atoms with Crippen LogP contribution in [-0.4, -0.2) is 39.2 Å². The quantitative estimate of drug-likeness (QED) is 0.671. The molecule has 0 spiro atoms. The maximum Gasteiger partial charge on any atom is 0.290 e. The average Bonchev–Trinajstić information content (AvgIpc) is 2.98. The van der Waals surface area contributed by atoms with Crippen molar-refractivity contribution in [2.24, 2.45) is 0 Å². The normalized spacial score (nSPS) is 15.6. The number of carbonyl (C=O) groups excluding carboxylic acids is 1. The highest BCUT2D eigenvalue weighted by Crippen LogP contribution is 2.44. The second-order valence-corrected chi connectivity index (χ2v) is 6.59. The zero-order valence-electron chi connectivity index (χ0n) is 16.2. The summed E-state index contributed by atoms with van der Waals surface area (Å²) in [6.07, 6.45) is 0. The van der Waals surface area contributed by atoms with Gasteiger partial charge in [-0.3, -0.25) is 9.59 Å². The molecule has 0 bridgehead atoms. The Hall–Kier alpha value is -3.55. The molecule has 1 aliphatic heterocycles. The molecule has 0 aliphatic carbocycles. The fraction of sp³-hybridized carbons (Fsp3) is 0.238. The molecule has 2 heterocycles. The zero-order valence-corrected chi connectivity index (χ0v) is 16.2. The SMILES string of the molecule is COc1cc([C@@H]2c3c(oc4ccc(F)cc4c3=O)C(=O)N2C)cc(OC)c1OC. The van der Waals surface area contributed by atoms with Gasteiger partial charge in [0.15, 0.2) is 16.9 Å². The van der Waals surface area contributed by atoms with Crippen LogP contribution in [0.25, 0.3) is 11.0 Å². The first-order valence-electron chi connectivity index (χ1n) is 8.74. The van der Waals surface area contributed by atoms with E-state index < -0.39 is 23.2 Å². The standard InChI is InChI=1S/C21H18FNO6/c1-23-17(10-7-14(26-2)19(28-4)15(8-10)27-3)16-18(24)12-9-11(22)5-6-13(12)29-20(16)21(23)25/h5-9,17H,1-4H3/t17-/m1/s1. The lowest BCUT2D eigenvalue weighted by atomic mass is 9.98. The molecule has 0 N–H and O–H groups in total. The molecule has 0 unspecified atom stereocenters. The molecule has 0 radical (unpaired) electrons. The molecular weight excluding hydrogens is 381 g/mol. The Morgan fingerprint density at radius 1 is 1.00 bits per heavy atom. The van der Waals surface area contributed by atoms with Gasteiger partial charge in [0.25, 0.3) is 5.91 Å². The van der Waals surface area contributed by atoms with Crippen molar-refractivity contribution in [1.82, 2.24) is 4.90 Å². The highest BCUT2D eigenvalue weighted by atomic mass is 19.1. The fourth-order valence-electron chi connectivity index (χ4n) is 3.71. The number of ether oxygens (including phenoxy) is 3. The third kappa shape index (κ3) is 2.71. The molecule has 1 aliphatic rings. The van der Waals surface area contributed by atoms with E-state index in [9.17, 15) is 14.0 Å². The smallest absolute Gasteiger partial charge is 0.290 e. The predicted molar refractivity (Wildman–Crippen MR) is 102 cm³/mol. The third-order valence-corrected chi connectivity index (χ3v) is 5.07. The van der Waals surface area contributed by atoms with Crippen molar-refractivity contribution in [2.45, 2.75) is 6.04 Å². The first-order valence-corrected chi connectivity index (χ1v) is 8.74. The van der Waals surface area contributed by atoms with Crippen LogP contribution in [0.4, 0.5) is 4.39 Å². The van der Waals surface area contributed by atoms with Crippen molar-refractivity contribution < 1.29 is 27.8 Å². The number of halogens is 1. The monoisotopic (exact) mass is 399 g/mol. The number of fused-ring (bicyclic) bond motifs is 2. The van der Waals surface area contributed by atoms with Crippen LogP contribution in [0, 0.1) is 5.82 Å². The minimum atomic E-state index is -0.755. The number of hydrogen-bond donors (Lipinski definition) is 0. The molecule has 0 saturated carbocycles. The number of amides is 1. The largest absolute Gasteiger partial charge is 0.493 e. The molecule has 1 atom stereocenters. The van der Waals surface area contributed by atoms with Crippen molar-refractivity contribution in [2.75, 3.05) is 28.4 Å². The number of nitrogens with zero attached hydrogens (tertiary/aromatic N) is 1. The number of benzene rings is 2. The van der Waals surface area contributed by atoms with Gasteiger partial charge in [-0.25, -0.2) is 4.39 Å². The minimum absolute atomic E-state index is 0.0599. The van der Waals surface area contributed by atoms with Gasteiger partial charge in [0.2, 0.25) is 11.5 Å². The molecule has 150 valence electrons. The van der Waals surface area contributed by atoms with Crippen LogP contribution in [0.1, 0.15) is 27.7 Å². The Labute approximate surface area is 165 Å². The minimum Gasteiger partial charge on any atom is -0.493 e. The average molecular weight is 399 g/mol. The van der Waals surface area contributed by atoms with Crippen LogP contribution in [0.5, 0.6) is 17.2 Å². The molecule has 0 fully saturated rings. The molecule has 7 nitrogen and oxygen atoms in total. The first kappa shape index (κ1) is 18.8. The fourth-order valence-corrected chi connectivity index (χ4v) is 3.71. The molecule has 2 aromatic carbocycles. The van der Waals surface area contributed by atoms with E-state index in [2.05, 4.69) is 0 Å². The van der Waals surface area contributed by atoms with Gasteiger partial charge in [-0.05, 0) is 35.9 Å². The van der Waals surface area contributed by atoms with Crippen molar-refractivity contribution in [3.8, 4) is 17.2 Å². The Morgan fingerprint density at radius 3 is 2.24 bits per heavy atom. The van der Waals surface area contributed by atoms with Crippen molar-refractivity contribution >= 4 is 16.9 Å². The van der Waals surface area contributed by atoms with E-state index in [0.29, 0.717) is 22.8 Å². The summed E-state index contributed by atoms with van der Waals surface area (Å²) in [4.78, 5) is 27.4. The van der Waals surface area contributed by atoms with Crippen LogP contribution in [0.3, 0.4) is 0 Å². The highest BCUT2D eigenvalue weighted by molar-refractivity contribution is 5.98. The zero-order chi connectivity index (χ0) is 20.9. The molecule has 4 rings (SSSR count). The molecule has 29 heavy (non-hydrogen) atoms. The first-order chi connectivity index (χ1) is 13.9. The van der Waals surface area contributed by atoms with E-state index in [1.54, 1.807) is 19.2 Å². The van der Waals surface area contributed by atoms with E-state index >= 15 is 0 Å². The van der Waals surface area contributed by atoms with Crippen molar-refractivity contribution in [1.29, 1.82) is 0 Å². The lowest BCUT2D eigenvalue weighted by Gasteiger charge is -2.22. The highest BCUT2D eigenvalue weighted by Gasteiger charge is 2.41. The van der Waals surface area contributed by atoms with Gasteiger partial charge in [-0.15, -0.1) is 0 Å². The van der Waals surface area contributed by atoms with Gasteiger partial charge in [-0.2, -0.15) is 0 Å². The van der Waals surface area contributed by atoms with Crippen LogP contribution >= 0.6 is 0 Å². The lowest BCUT2D eigenvalue weighted by molar-refractivity contribution is 0.0771. The Bertz CT molecular complexity index is 1180. The second kappa shape index (κ2) is 6.80. The number of carbonyl (C=O) groups is 1. The summed E-state index contributed by atoms with van der Waals surface area (Å²) in [5.74, 6) is 0.0857. The van der Waals surface area contributed by atoms with E-state index in [4.69, 9.17) is 18.6 Å². The van der Waals surface area contributed by atoms with E-state index in [1.807, 2.05) is 0 Å². The van der Waals surface area contributed by atoms with Crippen LogP contribution < -0.4 is 19.6 Å². The van der Waals surface area contributed by atoms with Gasteiger partial charge in [0.05, 0.1) is 38.3 Å². The van der Waals surface area contributed by atoms with Gasteiger partial charge < -0.3 is 23.5 Å². The summed E-state index contributed by atoms with van der Waals surface area (Å²) in [6.45, 7) is 0. The lowest BCUT2D eigenvalue weighted by Crippen LogP contribution is -2.25. The number of rotatable bonds is 4. The summed E-state index contributed by atoms with van der Waals surface area (Å²) in [6, 6.07) is 6.20. The summed E-state index contributed by atoms with van der Waals surface area (Å²) in [5.41, 5.74) is 0.404. The summed E-state index contributed by atoms with van der Waals surface area (Å²) < 4.78 is 35.5. The van der Waals surface area contributed by atoms with E-state index in [0.717, 1.165) is 6.07 Å². The van der Waals surface area contributed by atoms with Gasteiger partial charge in [0.1, 0.15) is 11.4 Å². The molecule has 0 saturated heterocycles. The van der Waals surface area contributed by atoms with Crippen LogP contribution in [-0.2, 0) is 0 Å². The van der Waals surface area contributed by atoms with E-state index in [1.165, 1.54) is 38.4 Å². The molecule has 1 aromatic heterocycles. The Balaban J connectivity index is 2.01. The van der Waals surface area contributed by atoms with E-state index in [-0.39, 0.29) is 22.3 Å². The van der Waals surface area contributed by atoms with Crippen LogP contribution in [0.2, 0.25) is 0 Å². The van der Waals surface area contributed by atoms with Gasteiger partial charge in [-0.1, -0.05) is 0 Å². The van der Waals surface area contributed by atoms with Crippen molar-refractivity contribution in [3.05, 3.63) is 63.3 Å². The number of methoxy groups -OCH3 is 3. The van der Waals surface area contributed by atoms with Gasteiger partial charge >= 0.3 is 0 Å². The van der Waals surface area contributed by atoms with Crippen LogP contribution in [0.15, 0.2) is 39.5 Å².